The van der Waals surface area contributed by atoms with E-state index >= 15 is 0 Å². The molecule has 0 bridgehead atoms. The predicted octanol–water partition coefficient (Wildman–Crippen LogP) is 10.0. The van der Waals surface area contributed by atoms with E-state index in [2.05, 4.69) is 70.3 Å². The first-order valence-corrected chi connectivity index (χ1v) is 26.2. The van der Waals surface area contributed by atoms with Gasteiger partial charge in [-0.3, -0.25) is 0 Å². The van der Waals surface area contributed by atoms with Gasteiger partial charge in [-0.1, -0.05) is 172 Å². The highest BCUT2D eigenvalue weighted by molar-refractivity contribution is 7.99. The van der Waals surface area contributed by atoms with Gasteiger partial charge in [0.25, 0.3) is 0 Å². The molecule has 4 aliphatic rings. The summed E-state index contributed by atoms with van der Waals surface area (Å²) in [7, 11) is -2.55. The zero-order valence-corrected chi connectivity index (χ0v) is 39.6. The average Bonchev–Trinajstić information content (AvgIpc) is 3.32. The van der Waals surface area contributed by atoms with E-state index in [1.165, 1.54) is 0 Å². The fourth-order valence-corrected chi connectivity index (χ4v) is 10.8. The summed E-state index contributed by atoms with van der Waals surface area (Å²) in [6.45, 7) is 12.4. The minimum Gasteiger partial charge on any atom is -0.406 e. The molecule has 4 fully saturated rings. The Kier molecular flexibility index (Phi) is 15.8. The predicted molar refractivity (Wildman–Crippen MR) is 252 cm³/mol. The lowest BCUT2D eigenvalue weighted by Gasteiger charge is -2.54. The van der Waals surface area contributed by atoms with Gasteiger partial charge in [0.05, 0.1) is 26.4 Å². The molecule has 0 saturated carbocycles. The zero-order chi connectivity index (χ0) is 44.1. The lowest BCUT2D eigenvalue weighted by atomic mass is 9.96. The first kappa shape index (κ1) is 47.8. The van der Waals surface area contributed by atoms with Crippen LogP contribution >= 0.6 is 11.8 Å². The number of hydrogen-bond donors (Lipinski definition) is 0. The minimum absolute atomic E-state index is 0. The maximum Gasteiger partial charge on any atom is 0.192 e. The molecule has 0 aromatic heterocycles. The fourth-order valence-electron chi connectivity index (χ4n) is 8.34. The van der Waals surface area contributed by atoms with Crippen molar-refractivity contribution >= 4 is 28.5 Å². The first-order chi connectivity index (χ1) is 31.1. The Morgan fingerprint density at radius 3 is 1.45 bits per heavy atom. The largest absolute Gasteiger partial charge is 0.406 e. The van der Waals surface area contributed by atoms with Crippen LogP contribution in [0.2, 0.25) is 18.1 Å². The molecule has 4 aliphatic heterocycles. The van der Waals surface area contributed by atoms with Crippen molar-refractivity contribution < 1.29 is 47.1 Å². The van der Waals surface area contributed by atoms with Crippen molar-refractivity contribution in [2.45, 2.75) is 130 Å². The minimum atomic E-state index is -2.55. The molecule has 9 rings (SSSR count). The first-order valence-electron chi connectivity index (χ1n) is 22.4. The average molecular weight is 916 g/mol. The molecule has 12 atom stereocenters. The van der Waals surface area contributed by atoms with Crippen LogP contribution in [-0.2, 0) is 60.3 Å². The van der Waals surface area contributed by atoms with Gasteiger partial charge in [0.15, 0.2) is 27.2 Å². The van der Waals surface area contributed by atoms with Crippen molar-refractivity contribution in [3.8, 4) is 0 Å². The number of fused-ring (bicyclic) bond motifs is 2. The van der Waals surface area contributed by atoms with Crippen LogP contribution in [0.3, 0.4) is 0 Å². The van der Waals surface area contributed by atoms with Crippen molar-refractivity contribution in [2.24, 2.45) is 0 Å². The Bertz CT molecular complexity index is 2190. The summed E-state index contributed by atoms with van der Waals surface area (Å²) in [6.07, 6.45) is -6.99. The third-order valence-electron chi connectivity index (χ3n) is 12.8. The summed E-state index contributed by atoms with van der Waals surface area (Å²) in [5.74, 6) is 0. The summed E-state index contributed by atoms with van der Waals surface area (Å²) >= 11 is 1.58. The highest BCUT2D eigenvalue weighted by Crippen LogP contribution is 2.46. The number of benzene rings is 5. The van der Waals surface area contributed by atoms with Crippen LogP contribution in [0, 0.1) is 0 Å². The molecule has 65 heavy (non-hydrogen) atoms. The monoisotopic (exact) mass is 915 g/mol. The number of hydrogen-bond acceptors (Lipinski definition) is 11. The summed E-state index contributed by atoms with van der Waals surface area (Å²) in [4.78, 5) is 1.02. The van der Waals surface area contributed by atoms with E-state index in [1.807, 2.05) is 115 Å². The Morgan fingerprint density at radius 2 is 0.969 bits per heavy atom. The van der Waals surface area contributed by atoms with Gasteiger partial charge in [0.2, 0.25) is 0 Å². The Morgan fingerprint density at radius 1 is 0.538 bits per heavy atom. The molecular weight excluding hydrogens is 856 g/mol. The summed E-state index contributed by atoms with van der Waals surface area (Å²) in [6, 6.07) is 50.6. The molecule has 4 heterocycles. The quantitative estimate of drug-likeness (QED) is 0.0998. The molecule has 13 heteroatoms. The fraction of sp³-hybridized carbons (Fsp3) is 0.423. The van der Waals surface area contributed by atoms with E-state index in [0.29, 0.717) is 19.8 Å². The molecule has 5 aromatic rings. The highest BCUT2D eigenvalue weighted by atomic mass is 32.2. The maximum atomic E-state index is 7.51. The van der Waals surface area contributed by atoms with Crippen LogP contribution in [0.15, 0.2) is 157 Å². The van der Waals surface area contributed by atoms with Crippen LogP contribution in [0.5, 0.6) is 0 Å². The third-order valence-corrected chi connectivity index (χ3v) is 18.4. The maximum absolute atomic E-state index is 7.51. The molecule has 0 aliphatic carbocycles. The highest BCUT2D eigenvalue weighted by Gasteiger charge is 2.58. The van der Waals surface area contributed by atoms with Crippen molar-refractivity contribution in [3.05, 3.63) is 174 Å². The van der Waals surface area contributed by atoms with Crippen LogP contribution < -0.4 is 0 Å². The van der Waals surface area contributed by atoms with E-state index in [0.717, 1.165) is 27.1 Å². The third kappa shape index (κ3) is 11.4. The Balaban J connectivity index is 0.00000576. The van der Waals surface area contributed by atoms with Gasteiger partial charge in [-0.05, 0) is 41.4 Å². The van der Waals surface area contributed by atoms with Gasteiger partial charge in [-0.25, -0.2) is 0 Å². The van der Waals surface area contributed by atoms with E-state index in [1.54, 1.807) is 11.8 Å². The van der Waals surface area contributed by atoms with Crippen LogP contribution in [-0.4, -0.2) is 90.5 Å². The van der Waals surface area contributed by atoms with Crippen LogP contribution in [0.25, 0.3) is 0 Å². The SMILES string of the molecule is CC(C)(C)[Si](C)(C)OC1[C@H](OC2[C@@H](Sc3ccccc3)OC3COC(c4ccccc4)O[C@H]3[C@H]2OCc2ccccc2)OC2COC(c3ccccc3)O[C@H]2[C@H]1OCc1ccccc1.[B]. The lowest BCUT2D eigenvalue weighted by Crippen LogP contribution is -2.68. The molecule has 6 unspecified atom stereocenters. The molecule has 341 valence electrons. The second-order valence-corrected chi connectivity index (χ2v) is 24.3. The van der Waals surface area contributed by atoms with Crippen LogP contribution in [0.4, 0.5) is 0 Å². The van der Waals surface area contributed by atoms with Gasteiger partial charge < -0.3 is 47.1 Å². The zero-order valence-electron chi connectivity index (χ0n) is 37.8. The molecule has 0 amide bonds. The second-order valence-electron chi connectivity index (χ2n) is 18.3. The van der Waals surface area contributed by atoms with Gasteiger partial charge >= 0.3 is 0 Å². The normalized spacial score (nSPS) is 30.4. The lowest BCUT2D eigenvalue weighted by molar-refractivity contribution is -0.387. The van der Waals surface area contributed by atoms with E-state index in [9.17, 15) is 0 Å². The van der Waals surface area contributed by atoms with Gasteiger partial charge in [0, 0.05) is 24.4 Å². The van der Waals surface area contributed by atoms with Crippen molar-refractivity contribution in [3.63, 3.8) is 0 Å². The standard InChI is InChI=1S/C52H60O10SSi.B/c1-52(2,3)64(4,5)62-46-44(53-31-35-21-11-6-12-22-35)42-40(33-55-48(59-42)37-25-15-8-16-26-37)57-50(46)61-47-45(54-32-36-23-13-7-14-24-36)43-41(58-51(47)63-39-29-19-10-20-30-39)34-56-49(60-43)38-27-17-9-18-28-38;/h6-30,40-51H,31-34H2,1-5H3;/t40?,41?,42-,43-,44-,45-,46?,47?,48?,49?,50+,51-;/m1./s1. The smallest absolute Gasteiger partial charge is 0.192 e. The molecule has 0 spiro atoms. The van der Waals surface area contributed by atoms with Crippen molar-refractivity contribution in [1.29, 1.82) is 0 Å². The number of ether oxygens (including phenoxy) is 9. The summed E-state index contributed by atoms with van der Waals surface area (Å²) in [5, 5.41) is -0.155. The molecule has 10 nitrogen and oxygen atoms in total. The van der Waals surface area contributed by atoms with E-state index in [4.69, 9.17) is 47.1 Å². The van der Waals surface area contributed by atoms with Gasteiger partial charge in [0.1, 0.15) is 54.3 Å². The van der Waals surface area contributed by atoms with E-state index < -0.39 is 81.5 Å². The molecule has 5 aromatic carbocycles. The molecular formula is C52H60BO10SSi. The number of thioether (sulfide) groups is 1. The number of rotatable bonds is 14. The Labute approximate surface area is 391 Å². The topological polar surface area (TPSA) is 92.3 Å². The molecule has 3 radical (unpaired) electrons. The van der Waals surface area contributed by atoms with Gasteiger partial charge in [-0.2, -0.15) is 0 Å². The summed E-state index contributed by atoms with van der Waals surface area (Å²) in [5.41, 5.74) is 3.32. The van der Waals surface area contributed by atoms with E-state index in [-0.39, 0.29) is 20.1 Å². The van der Waals surface area contributed by atoms with Crippen LogP contribution in [0.1, 0.15) is 55.6 Å². The summed E-state index contributed by atoms with van der Waals surface area (Å²) < 4.78 is 69.9. The van der Waals surface area contributed by atoms with Crippen molar-refractivity contribution in [2.75, 3.05) is 13.2 Å². The van der Waals surface area contributed by atoms with Gasteiger partial charge in [-0.15, -0.1) is 0 Å². The Hall–Kier alpha value is -3.67. The van der Waals surface area contributed by atoms with Crippen molar-refractivity contribution in [1.82, 2.24) is 0 Å². The molecule has 4 saturated heterocycles. The molecule has 0 N–H and O–H groups in total. The second kappa shape index (κ2) is 21.5.